The number of hydrogen-bond donors (Lipinski definition) is 2. The molecule has 0 unspecified atom stereocenters. The molecule has 13 heteroatoms. The Balaban J connectivity index is 1.53. The van der Waals surface area contributed by atoms with Crippen molar-refractivity contribution in [3.63, 3.8) is 0 Å². The average molecular weight is 596 g/mol. The van der Waals surface area contributed by atoms with E-state index in [4.69, 9.17) is 9.47 Å². The molecule has 0 spiro atoms. The number of halogens is 5. The van der Waals surface area contributed by atoms with Crippen molar-refractivity contribution >= 4 is 22.8 Å². The molecule has 3 aromatic rings. The Hall–Kier alpha value is -3.35. The van der Waals surface area contributed by atoms with Crippen LogP contribution < -0.4 is 5.32 Å². The van der Waals surface area contributed by atoms with Crippen molar-refractivity contribution in [1.29, 1.82) is 0 Å². The molecule has 0 bridgehead atoms. The van der Waals surface area contributed by atoms with Crippen molar-refractivity contribution in [2.45, 2.75) is 88.7 Å². The van der Waals surface area contributed by atoms with Crippen molar-refractivity contribution in [3.05, 3.63) is 47.2 Å². The number of esters is 1. The maximum absolute atomic E-state index is 16.3. The van der Waals surface area contributed by atoms with Crippen LogP contribution in [0.5, 0.6) is 0 Å². The highest BCUT2D eigenvalue weighted by Crippen LogP contribution is 2.44. The fourth-order valence-electron chi connectivity index (χ4n) is 5.76. The van der Waals surface area contributed by atoms with Crippen molar-refractivity contribution in [1.82, 2.24) is 20.2 Å². The highest BCUT2D eigenvalue weighted by Gasteiger charge is 2.47. The van der Waals surface area contributed by atoms with Gasteiger partial charge in [0.25, 0.3) is 6.43 Å². The van der Waals surface area contributed by atoms with Crippen LogP contribution in [0.4, 0.5) is 27.8 Å². The smallest absolute Gasteiger partial charge is 0.317 e. The van der Waals surface area contributed by atoms with Gasteiger partial charge in [0.1, 0.15) is 33.9 Å². The number of nitrogens with zero attached hydrogens (tertiary/aromatic N) is 3. The van der Waals surface area contributed by atoms with E-state index in [1.54, 1.807) is 32.9 Å². The van der Waals surface area contributed by atoms with E-state index >= 15 is 4.39 Å². The standard InChI is InChI=1S/C29H34F5N5O3/c1-27(2,3)42-26(40)28(12-14-41-15-13-28)17-4-5-18-23(21(17)30)37-25(35-18)22(16-8-10-29(33,34)11-9-16)36-20-7-6-19(24(31)32)38-39-20/h4-7,16,22,24H,8-15H2,1-3H3,(H,35,37)(H,36,39)/t22-/m0/s1. The number of H-pyrrole nitrogens is 1. The molecule has 1 saturated carbocycles. The number of alkyl halides is 4. The molecule has 3 heterocycles. The molecule has 1 saturated heterocycles. The van der Waals surface area contributed by atoms with Gasteiger partial charge in [-0.2, -0.15) is 0 Å². The maximum atomic E-state index is 16.3. The van der Waals surface area contributed by atoms with Gasteiger partial charge < -0.3 is 19.8 Å². The lowest BCUT2D eigenvalue weighted by molar-refractivity contribution is -0.166. The van der Waals surface area contributed by atoms with Crippen molar-refractivity contribution in [3.8, 4) is 0 Å². The molecule has 2 aromatic heterocycles. The van der Waals surface area contributed by atoms with Crippen LogP contribution in [-0.2, 0) is 19.7 Å². The summed E-state index contributed by atoms with van der Waals surface area (Å²) < 4.78 is 81.5. The maximum Gasteiger partial charge on any atom is 0.317 e. The first-order valence-corrected chi connectivity index (χ1v) is 14.0. The predicted molar refractivity (Wildman–Crippen MR) is 144 cm³/mol. The van der Waals surface area contributed by atoms with E-state index in [2.05, 4.69) is 25.5 Å². The first-order valence-electron chi connectivity index (χ1n) is 14.0. The first-order chi connectivity index (χ1) is 19.8. The van der Waals surface area contributed by atoms with Gasteiger partial charge in [-0.3, -0.25) is 4.79 Å². The van der Waals surface area contributed by atoms with Gasteiger partial charge in [-0.05, 0) is 70.6 Å². The molecular weight excluding hydrogens is 561 g/mol. The van der Waals surface area contributed by atoms with Gasteiger partial charge in [0, 0.05) is 31.6 Å². The third kappa shape index (κ3) is 6.20. The number of carbonyl (C=O) groups excluding carboxylic acids is 1. The summed E-state index contributed by atoms with van der Waals surface area (Å²) >= 11 is 0. The van der Waals surface area contributed by atoms with E-state index in [0.717, 1.165) is 6.07 Å². The van der Waals surface area contributed by atoms with E-state index in [-0.39, 0.29) is 80.4 Å². The van der Waals surface area contributed by atoms with Crippen LogP contribution in [-0.4, -0.2) is 50.9 Å². The number of anilines is 1. The predicted octanol–water partition coefficient (Wildman–Crippen LogP) is 6.80. The number of imidazole rings is 1. The minimum absolute atomic E-state index is 0.0102. The Labute approximate surface area is 239 Å². The average Bonchev–Trinajstić information content (AvgIpc) is 3.37. The monoisotopic (exact) mass is 595 g/mol. The summed E-state index contributed by atoms with van der Waals surface area (Å²) in [5.74, 6) is -3.93. The topological polar surface area (TPSA) is 102 Å². The Morgan fingerprint density at radius 2 is 1.76 bits per heavy atom. The highest BCUT2D eigenvalue weighted by molar-refractivity contribution is 5.86. The van der Waals surface area contributed by atoms with Gasteiger partial charge in [-0.15, -0.1) is 10.2 Å². The number of aromatic nitrogens is 4. The number of ether oxygens (including phenoxy) is 2. The summed E-state index contributed by atoms with van der Waals surface area (Å²) in [7, 11) is 0. The third-order valence-corrected chi connectivity index (χ3v) is 8.00. The van der Waals surface area contributed by atoms with Crippen LogP contribution in [0.15, 0.2) is 24.3 Å². The summed E-state index contributed by atoms with van der Waals surface area (Å²) in [4.78, 5) is 21.1. The molecule has 2 N–H and O–H groups in total. The summed E-state index contributed by atoms with van der Waals surface area (Å²) in [5.41, 5.74) is -2.05. The Morgan fingerprint density at radius 1 is 1.07 bits per heavy atom. The fraction of sp³-hybridized carbons (Fsp3) is 0.586. The van der Waals surface area contributed by atoms with E-state index in [0.29, 0.717) is 5.52 Å². The number of rotatable bonds is 7. The van der Waals surface area contributed by atoms with Crippen LogP contribution in [0.3, 0.4) is 0 Å². The molecular formula is C29H34F5N5O3. The zero-order valence-electron chi connectivity index (χ0n) is 23.7. The molecule has 0 radical (unpaired) electrons. The lowest BCUT2D eigenvalue weighted by atomic mass is 9.73. The number of benzene rings is 1. The van der Waals surface area contributed by atoms with Crippen LogP contribution in [0, 0.1) is 11.7 Å². The first kappa shape index (κ1) is 30.1. The zero-order valence-corrected chi connectivity index (χ0v) is 23.7. The Morgan fingerprint density at radius 3 is 2.36 bits per heavy atom. The molecule has 1 aliphatic carbocycles. The number of fused-ring (bicyclic) bond motifs is 1. The zero-order chi connectivity index (χ0) is 30.3. The second-order valence-electron chi connectivity index (χ2n) is 12.1. The molecule has 5 rings (SSSR count). The number of nitrogens with one attached hydrogen (secondary N) is 2. The minimum Gasteiger partial charge on any atom is -0.459 e. The SMILES string of the molecule is CC(C)(C)OC(=O)C1(c2ccc3[nH]c([C@@H](Nc4ccc(C(F)F)nn4)C4CCC(F)(F)CC4)nc3c2F)CCOCC1. The van der Waals surface area contributed by atoms with E-state index in [1.807, 2.05) is 0 Å². The van der Waals surface area contributed by atoms with E-state index < -0.39 is 46.9 Å². The fourth-order valence-corrected chi connectivity index (χ4v) is 5.76. The second kappa shape index (κ2) is 11.4. The van der Waals surface area contributed by atoms with Gasteiger partial charge in [0.15, 0.2) is 5.82 Å². The Kier molecular flexibility index (Phi) is 8.16. The number of carbonyl (C=O) groups is 1. The molecule has 1 aliphatic heterocycles. The van der Waals surface area contributed by atoms with Gasteiger partial charge in [-0.25, -0.2) is 26.9 Å². The number of hydrogen-bond acceptors (Lipinski definition) is 7. The van der Waals surface area contributed by atoms with Crippen molar-refractivity contribution in [2.75, 3.05) is 18.5 Å². The summed E-state index contributed by atoms with van der Waals surface area (Å²) in [5, 5.41) is 10.5. The quantitative estimate of drug-likeness (QED) is 0.229. The van der Waals surface area contributed by atoms with E-state index in [1.165, 1.54) is 6.07 Å². The molecule has 1 atom stereocenters. The molecule has 0 amide bonds. The van der Waals surface area contributed by atoms with Gasteiger partial charge >= 0.3 is 5.97 Å². The highest BCUT2D eigenvalue weighted by atomic mass is 19.3. The largest absolute Gasteiger partial charge is 0.459 e. The van der Waals surface area contributed by atoms with Gasteiger partial charge in [0.05, 0.1) is 11.6 Å². The lowest BCUT2D eigenvalue weighted by Gasteiger charge is -2.37. The van der Waals surface area contributed by atoms with Crippen molar-refractivity contribution < 1.29 is 36.2 Å². The van der Waals surface area contributed by atoms with Crippen LogP contribution in [0.1, 0.15) is 88.8 Å². The van der Waals surface area contributed by atoms with Crippen LogP contribution >= 0.6 is 0 Å². The molecule has 1 aromatic carbocycles. The summed E-state index contributed by atoms with van der Waals surface area (Å²) in [6.07, 6.45) is -2.68. The second-order valence-corrected chi connectivity index (χ2v) is 12.1. The van der Waals surface area contributed by atoms with Crippen LogP contribution in [0.25, 0.3) is 11.0 Å². The third-order valence-electron chi connectivity index (χ3n) is 8.00. The molecule has 2 aliphatic rings. The summed E-state index contributed by atoms with van der Waals surface area (Å²) in [6.45, 7) is 5.75. The molecule has 2 fully saturated rings. The molecule has 8 nitrogen and oxygen atoms in total. The normalized spacial score (nSPS) is 20.0. The lowest BCUT2D eigenvalue weighted by Crippen LogP contribution is -2.45. The van der Waals surface area contributed by atoms with E-state index in [9.17, 15) is 22.4 Å². The van der Waals surface area contributed by atoms with Crippen molar-refractivity contribution in [2.24, 2.45) is 5.92 Å². The Bertz CT molecular complexity index is 1410. The summed E-state index contributed by atoms with van der Waals surface area (Å²) in [6, 6.07) is 4.92. The molecule has 228 valence electrons. The number of aromatic amines is 1. The molecule has 42 heavy (non-hydrogen) atoms. The van der Waals surface area contributed by atoms with Crippen LogP contribution in [0.2, 0.25) is 0 Å². The van der Waals surface area contributed by atoms with Gasteiger partial charge in [-0.1, -0.05) is 6.07 Å². The minimum atomic E-state index is -2.80. The van der Waals surface area contributed by atoms with Gasteiger partial charge in [0.2, 0.25) is 5.92 Å².